The summed E-state index contributed by atoms with van der Waals surface area (Å²) in [5.74, 6) is 1.40. The molecule has 1 amide bonds. The monoisotopic (exact) mass is 252 g/mol. The number of rotatable bonds is 7. The molecule has 0 radical (unpaired) electrons. The van der Waals surface area contributed by atoms with Gasteiger partial charge in [-0.2, -0.15) is 0 Å². The van der Waals surface area contributed by atoms with Gasteiger partial charge in [-0.3, -0.25) is 4.79 Å². The Hall–Kier alpha value is -1.75. The zero-order valence-electron chi connectivity index (χ0n) is 11.1. The van der Waals surface area contributed by atoms with E-state index < -0.39 is 0 Å². The Bertz CT molecular complexity index is 394. The Labute approximate surface area is 107 Å². The normalized spacial score (nSPS) is 9.94. The van der Waals surface area contributed by atoms with Crippen molar-refractivity contribution in [1.82, 2.24) is 10.6 Å². The van der Waals surface area contributed by atoms with E-state index in [0.29, 0.717) is 18.8 Å². The van der Waals surface area contributed by atoms with Gasteiger partial charge in [0.25, 0.3) is 0 Å². The van der Waals surface area contributed by atoms with Crippen molar-refractivity contribution in [3.05, 3.63) is 23.8 Å². The summed E-state index contributed by atoms with van der Waals surface area (Å²) in [4.78, 5) is 11.5. The molecule has 1 aromatic rings. The van der Waals surface area contributed by atoms with Crippen LogP contribution in [-0.2, 0) is 11.3 Å². The third-order valence-corrected chi connectivity index (χ3v) is 2.51. The lowest BCUT2D eigenvalue weighted by atomic mass is 10.2. The first kappa shape index (κ1) is 14.3. The van der Waals surface area contributed by atoms with Crippen LogP contribution in [-0.4, -0.2) is 33.2 Å². The Morgan fingerprint density at radius 1 is 1.28 bits per heavy atom. The second-order valence-electron chi connectivity index (χ2n) is 3.73. The van der Waals surface area contributed by atoms with Crippen molar-refractivity contribution in [2.24, 2.45) is 0 Å². The Kier molecular flexibility index (Phi) is 6.00. The van der Waals surface area contributed by atoms with Crippen LogP contribution in [0.1, 0.15) is 12.5 Å². The molecular weight excluding hydrogens is 232 g/mol. The molecule has 0 spiro atoms. The van der Waals surface area contributed by atoms with Crippen molar-refractivity contribution >= 4 is 5.91 Å². The molecule has 5 heteroatoms. The van der Waals surface area contributed by atoms with Gasteiger partial charge in [0.15, 0.2) is 0 Å². The van der Waals surface area contributed by atoms with Crippen molar-refractivity contribution in [2.45, 2.75) is 13.5 Å². The van der Waals surface area contributed by atoms with Gasteiger partial charge in [0.2, 0.25) is 5.91 Å². The SMILES string of the molecule is CCNCC(=O)NCc1ccc(OC)cc1OC. The van der Waals surface area contributed by atoms with Gasteiger partial charge in [-0.15, -0.1) is 0 Å². The highest BCUT2D eigenvalue weighted by molar-refractivity contribution is 5.78. The van der Waals surface area contributed by atoms with Gasteiger partial charge < -0.3 is 20.1 Å². The van der Waals surface area contributed by atoms with Gasteiger partial charge in [-0.05, 0) is 18.7 Å². The van der Waals surface area contributed by atoms with E-state index in [4.69, 9.17) is 9.47 Å². The molecule has 0 aliphatic rings. The van der Waals surface area contributed by atoms with Crippen LogP contribution in [0.3, 0.4) is 0 Å². The maximum atomic E-state index is 11.5. The minimum absolute atomic E-state index is 0.0327. The van der Waals surface area contributed by atoms with Crippen LogP contribution >= 0.6 is 0 Å². The molecule has 0 fully saturated rings. The summed E-state index contributed by atoms with van der Waals surface area (Å²) in [5, 5.41) is 5.79. The molecular formula is C13H20N2O3. The number of nitrogens with one attached hydrogen (secondary N) is 2. The van der Waals surface area contributed by atoms with Crippen LogP contribution in [0.4, 0.5) is 0 Å². The molecule has 0 unspecified atom stereocenters. The lowest BCUT2D eigenvalue weighted by Crippen LogP contribution is -2.33. The standard InChI is InChI=1S/C13H20N2O3/c1-4-14-9-13(16)15-8-10-5-6-11(17-2)7-12(10)18-3/h5-7,14H,4,8-9H2,1-3H3,(H,15,16). The van der Waals surface area contributed by atoms with Crippen LogP contribution in [0.5, 0.6) is 11.5 Å². The minimum atomic E-state index is -0.0327. The third-order valence-electron chi connectivity index (χ3n) is 2.51. The maximum Gasteiger partial charge on any atom is 0.234 e. The van der Waals surface area contributed by atoms with E-state index in [0.717, 1.165) is 17.9 Å². The van der Waals surface area contributed by atoms with E-state index in [2.05, 4.69) is 10.6 Å². The number of benzene rings is 1. The summed E-state index contributed by atoms with van der Waals surface area (Å²) >= 11 is 0. The Balaban J connectivity index is 2.58. The lowest BCUT2D eigenvalue weighted by Gasteiger charge is -2.11. The molecule has 0 saturated carbocycles. The topological polar surface area (TPSA) is 59.6 Å². The summed E-state index contributed by atoms with van der Waals surface area (Å²) in [6.07, 6.45) is 0. The van der Waals surface area contributed by atoms with Crippen LogP contribution in [0.25, 0.3) is 0 Å². The molecule has 0 atom stereocenters. The van der Waals surface area contributed by atoms with Crippen molar-refractivity contribution in [3.63, 3.8) is 0 Å². The zero-order chi connectivity index (χ0) is 13.4. The average molecular weight is 252 g/mol. The van der Waals surface area contributed by atoms with E-state index >= 15 is 0 Å². The number of likely N-dealkylation sites (N-methyl/N-ethyl adjacent to an activating group) is 1. The summed E-state index contributed by atoms with van der Waals surface area (Å²) < 4.78 is 10.4. The first-order valence-electron chi connectivity index (χ1n) is 5.89. The van der Waals surface area contributed by atoms with E-state index in [9.17, 15) is 4.79 Å². The molecule has 100 valence electrons. The van der Waals surface area contributed by atoms with Gasteiger partial charge in [0, 0.05) is 18.2 Å². The number of ether oxygens (including phenoxy) is 2. The highest BCUT2D eigenvalue weighted by atomic mass is 16.5. The van der Waals surface area contributed by atoms with Crippen LogP contribution < -0.4 is 20.1 Å². The highest BCUT2D eigenvalue weighted by Crippen LogP contribution is 2.24. The van der Waals surface area contributed by atoms with E-state index in [1.807, 2.05) is 19.1 Å². The summed E-state index contributed by atoms with van der Waals surface area (Å²) in [6, 6.07) is 5.52. The number of carbonyl (C=O) groups excluding carboxylic acids is 1. The predicted octanol–water partition coefficient (Wildman–Crippen LogP) is 0.929. The molecule has 18 heavy (non-hydrogen) atoms. The largest absolute Gasteiger partial charge is 0.497 e. The smallest absolute Gasteiger partial charge is 0.234 e. The maximum absolute atomic E-state index is 11.5. The zero-order valence-corrected chi connectivity index (χ0v) is 11.1. The van der Waals surface area contributed by atoms with Crippen molar-refractivity contribution in [2.75, 3.05) is 27.3 Å². The number of methoxy groups -OCH3 is 2. The number of hydrogen-bond donors (Lipinski definition) is 2. The fourth-order valence-electron chi connectivity index (χ4n) is 1.49. The molecule has 0 heterocycles. The average Bonchev–Trinajstić information content (AvgIpc) is 2.42. The fourth-order valence-corrected chi connectivity index (χ4v) is 1.49. The molecule has 0 aliphatic heterocycles. The van der Waals surface area contributed by atoms with Crippen molar-refractivity contribution < 1.29 is 14.3 Å². The van der Waals surface area contributed by atoms with Gasteiger partial charge in [0.1, 0.15) is 11.5 Å². The second kappa shape index (κ2) is 7.55. The van der Waals surface area contributed by atoms with Gasteiger partial charge in [-0.25, -0.2) is 0 Å². The number of carbonyl (C=O) groups is 1. The number of amides is 1. The van der Waals surface area contributed by atoms with E-state index in [-0.39, 0.29) is 5.91 Å². The van der Waals surface area contributed by atoms with E-state index in [1.165, 1.54) is 0 Å². The number of hydrogen-bond acceptors (Lipinski definition) is 4. The molecule has 1 rings (SSSR count). The van der Waals surface area contributed by atoms with E-state index in [1.54, 1.807) is 20.3 Å². The van der Waals surface area contributed by atoms with Gasteiger partial charge >= 0.3 is 0 Å². The van der Waals surface area contributed by atoms with Crippen LogP contribution in [0.15, 0.2) is 18.2 Å². The highest BCUT2D eigenvalue weighted by Gasteiger charge is 2.06. The van der Waals surface area contributed by atoms with Crippen LogP contribution in [0.2, 0.25) is 0 Å². The van der Waals surface area contributed by atoms with Crippen molar-refractivity contribution in [1.29, 1.82) is 0 Å². The molecule has 0 aromatic heterocycles. The van der Waals surface area contributed by atoms with Gasteiger partial charge in [-0.1, -0.05) is 6.92 Å². The Morgan fingerprint density at radius 3 is 2.67 bits per heavy atom. The molecule has 2 N–H and O–H groups in total. The van der Waals surface area contributed by atoms with Crippen molar-refractivity contribution in [3.8, 4) is 11.5 Å². The summed E-state index contributed by atoms with van der Waals surface area (Å²) in [6.45, 7) is 3.51. The third kappa shape index (κ3) is 4.25. The molecule has 0 saturated heterocycles. The quantitative estimate of drug-likeness (QED) is 0.758. The second-order valence-corrected chi connectivity index (χ2v) is 3.73. The predicted molar refractivity (Wildman–Crippen MR) is 69.9 cm³/mol. The summed E-state index contributed by atoms with van der Waals surface area (Å²) in [7, 11) is 3.20. The molecule has 0 aliphatic carbocycles. The van der Waals surface area contributed by atoms with Crippen LogP contribution in [0, 0.1) is 0 Å². The molecule has 1 aromatic carbocycles. The lowest BCUT2D eigenvalue weighted by molar-refractivity contribution is -0.120. The molecule has 5 nitrogen and oxygen atoms in total. The minimum Gasteiger partial charge on any atom is -0.497 e. The first-order valence-corrected chi connectivity index (χ1v) is 5.89. The molecule has 0 bridgehead atoms. The van der Waals surface area contributed by atoms with Gasteiger partial charge in [0.05, 0.1) is 20.8 Å². The Morgan fingerprint density at radius 2 is 2.06 bits per heavy atom. The summed E-state index contributed by atoms with van der Waals surface area (Å²) in [5.41, 5.74) is 0.920. The first-order chi connectivity index (χ1) is 8.71. The fraction of sp³-hybridized carbons (Fsp3) is 0.462.